The van der Waals surface area contributed by atoms with E-state index in [0.717, 1.165) is 0 Å². The number of hydrogen-bond acceptors (Lipinski definition) is 10. The van der Waals surface area contributed by atoms with E-state index in [-0.39, 0.29) is 4.68 Å². The first-order valence-corrected chi connectivity index (χ1v) is 4.12. The molecule has 0 unspecified atom stereocenters. The Morgan fingerprint density at radius 1 is 1.00 bits per heavy atom. The number of rotatable bonds is 5. The van der Waals surface area contributed by atoms with Crippen molar-refractivity contribution in [1.29, 1.82) is 0 Å². The van der Waals surface area contributed by atoms with Crippen molar-refractivity contribution in [3.8, 4) is 0 Å². The van der Waals surface area contributed by atoms with Crippen LogP contribution in [0.2, 0.25) is 0 Å². The van der Waals surface area contributed by atoms with Gasteiger partial charge in [0.15, 0.2) is 0 Å². The highest BCUT2D eigenvalue weighted by atomic mass is 16.7. The minimum atomic E-state index is -2.80. The standard InChI is InChI=1S/C4H3N7O8/c5-2-1(8(12)13)3(9(14)15)6-7(2)4(10(16)17)11(18)19/h4H,5H2. The molecule has 2 N–H and O–H groups in total. The Morgan fingerprint density at radius 3 is 1.74 bits per heavy atom. The minimum absolute atomic E-state index is 0.198. The van der Waals surface area contributed by atoms with Gasteiger partial charge in [0.2, 0.25) is 5.82 Å². The number of nitrogen functional groups attached to an aromatic ring is 1. The molecular formula is C4H3N7O8. The average Bonchev–Trinajstić information content (AvgIpc) is 2.55. The molecule has 0 atom stereocenters. The van der Waals surface area contributed by atoms with Crippen LogP contribution in [0, 0.1) is 40.5 Å². The number of hydrogen-bond donors (Lipinski definition) is 1. The second-order valence-electron chi connectivity index (χ2n) is 2.93. The monoisotopic (exact) mass is 277 g/mol. The van der Waals surface area contributed by atoms with Gasteiger partial charge < -0.3 is 15.8 Å². The number of nitrogens with two attached hydrogens (primary N) is 1. The van der Waals surface area contributed by atoms with Gasteiger partial charge in [0.05, 0.1) is 10.0 Å². The smallest absolute Gasteiger partial charge is 0.376 e. The Bertz CT molecular complexity index is 576. The third-order valence-electron chi connectivity index (χ3n) is 1.86. The lowest BCUT2D eigenvalue weighted by atomic mass is 10.5. The summed E-state index contributed by atoms with van der Waals surface area (Å²) in [6.45, 7) is 0. The Balaban J connectivity index is 3.58. The highest BCUT2D eigenvalue weighted by Crippen LogP contribution is 2.33. The molecule has 0 radical (unpaired) electrons. The topological polar surface area (TPSA) is 216 Å². The summed E-state index contributed by atoms with van der Waals surface area (Å²) in [5.74, 6) is -2.58. The second-order valence-corrected chi connectivity index (χ2v) is 2.93. The zero-order valence-corrected chi connectivity index (χ0v) is 8.60. The van der Waals surface area contributed by atoms with Crippen molar-refractivity contribution >= 4 is 17.3 Å². The lowest BCUT2D eigenvalue weighted by Crippen LogP contribution is -2.28. The van der Waals surface area contributed by atoms with E-state index in [1.54, 1.807) is 0 Å². The van der Waals surface area contributed by atoms with Crippen LogP contribution in [0.3, 0.4) is 0 Å². The molecule has 1 aromatic heterocycles. The van der Waals surface area contributed by atoms with Crippen molar-refractivity contribution in [3.63, 3.8) is 0 Å². The van der Waals surface area contributed by atoms with Crippen molar-refractivity contribution in [2.45, 2.75) is 6.29 Å². The molecular weight excluding hydrogens is 274 g/mol. The van der Waals surface area contributed by atoms with Gasteiger partial charge in [-0.15, -0.1) is 0 Å². The fourth-order valence-electron chi connectivity index (χ4n) is 1.16. The molecule has 15 heteroatoms. The molecule has 1 aromatic rings. The number of aromatic nitrogens is 2. The summed E-state index contributed by atoms with van der Waals surface area (Å²) < 4.78 is -0.198. The van der Waals surface area contributed by atoms with E-state index in [9.17, 15) is 40.5 Å². The average molecular weight is 277 g/mol. The Hall–Kier alpha value is -3.39. The van der Waals surface area contributed by atoms with E-state index >= 15 is 0 Å². The van der Waals surface area contributed by atoms with Crippen LogP contribution in [-0.4, -0.2) is 29.5 Å². The molecule has 15 nitrogen and oxygen atoms in total. The molecule has 0 bridgehead atoms. The van der Waals surface area contributed by atoms with Gasteiger partial charge in [-0.1, -0.05) is 0 Å². The zero-order valence-electron chi connectivity index (χ0n) is 8.60. The van der Waals surface area contributed by atoms with Crippen LogP contribution in [0.4, 0.5) is 17.3 Å². The molecule has 102 valence electrons. The third kappa shape index (κ3) is 2.18. The van der Waals surface area contributed by atoms with Gasteiger partial charge in [-0.3, -0.25) is 30.3 Å². The van der Waals surface area contributed by atoms with Crippen LogP contribution in [0.5, 0.6) is 0 Å². The maximum atomic E-state index is 10.6. The molecule has 0 saturated heterocycles. The van der Waals surface area contributed by atoms with E-state index in [1.807, 2.05) is 0 Å². The number of anilines is 1. The fourth-order valence-corrected chi connectivity index (χ4v) is 1.16. The highest BCUT2D eigenvalue weighted by molar-refractivity contribution is 5.63. The van der Waals surface area contributed by atoms with E-state index in [1.165, 1.54) is 0 Å². The van der Waals surface area contributed by atoms with E-state index < -0.39 is 43.3 Å². The van der Waals surface area contributed by atoms with Crippen molar-refractivity contribution in [2.24, 2.45) is 0 Å². The second kappa shape index (κ2) is 4.47. The Morgan fingerprint density at radius 2 is 1.47 bits per heavy atom. The van der Waals surface area contributed by atoms with Crippen molar-refractivity contribution < 1.29 is 19.7 Å². The van der Waals surface area contributed by atoms with Crippen LogP contribution in [0.25, 0.3) is 0 Å². The summed E-state index contributed by atoms with van der Waals surface area (Å²) in [4.78, 5) is 36.4. The van der Waals surface area contributed by atoms with Crippen LogP contribution in [-0.2, 0) is 0 Å². The van der Waals surface area contributed by atoms with Crippen molar-refractivity contribution in [1.82, 2.24) is 9.78 Å². The van der Waals surface area contributed by atoms with Crippen molar-refractivity contribution in [2.75, 3.05) is 5.73 Å². The minimum Gasteiger partial charge on any atom is -0.376 e. The molecule has 0 saturated carbocycles. The van der Waals surface area contributed by atoms with Gasteiger partial charge in [-0.2, -0.15) is 0 Å². The molecule has 1 rings (SSSR count). The van der Waals surface area contributed by atoms with Gasteiger partial charge in [0.25, 0.3) is 0 Å². The Labute approximate surface area is 100 Å². The summed E-state index contributed by atoms with van der Waals surface area (Å²) in [7, 11) is 0. The third-order valence-corrected chi connectivity index (χ3v) is 1.86. The maximum Gasteiger partial charge on any atom is 0.572 e. The van der Waals surface area contributed by atoms with Gasteiger partial charge >= 0.3 is 17.8 Å². The summed E-state index contributed by atoms with van der Waals surface area (Å²) in [5, 5.41) is 44.8. The van der Waals surface area contributed by atoms with E-state index in [0.29, 0.717) is 0 Å². The molecule has 19 heavy (non-hydrogen) atoms. The molecule has 0 aliphatic heterocycles. The van der Waals surface area contributed by atoms with Crippen LogP contribution in [0.1, 0.15) is 6.29 Å². The van der Waals surface area contributed by atoms with Gasteiger partial charge in [-0.05, 0) is 9.61 Å². The molecule has 0 spiro atoms. The summed E-state index contributed by atoms with van der Waals surface area (Å²) in [5.41, 5.74) is 3.72. The normalized spacial score (nSPS) is 10.4. The highest BCUT2D eigenvalue weighted by Gasteiger charge is 2.48. The molecule has 0 aliphatic rings. The summed E-state index contributed by atoms with van der Waals surface area (Å²) in [6, 6.07) is 0. The Kier molecular flexibility index (Phi) is 3.22. The molecule has 0 aromatic carbocycles. The van der Waals surface area contributed by atoms with Gasteiger partial charge in [0.1, 0.15) is 9.85 Å². The van der Waals surface area contributed by atoms with Crippen LogP contribution >= 0.6 is 0 Å². The van der Waals surface area contributed by atoms with Gasteiger partial charge in [-0.25, -0.2) is 0 Å². The van der Waals surface area contributed by atoms with Gasteiger partial charge in [0, 0.05) is 0 Å². The number of nitrogens with zero attached hydrogens (tertiary/aromatic N) is 6. The first-order chi connectivity index (χ1) is 8.68. The molecule has 0 fully saturated rings. The molecule has 0 amide bonds. The van der Waals surface area contributed by atoms with Crippen LogP contribution in [0.15, 0.2) is 0 Å². The fraction of sp³-hybridized carbons (Fsp3) is 0.250. The summed E-state index contributed by atoms with van der Waals surface area (Å²) in [6.07, 6.45) is -2.80. The quantitative estimate of drug-likeness (QED) is 0.404. The van der Waals surface area contributed by atoms with E-state index in [2.05, 4.69) is 5.10 Å². The lowest BCUT2D eigenvalue weighted by molar-refractivity contribution is -0.774. The predicted octanol–water partition coefficient (Wildman–Crippen LogP) is -0.709. The van der Waals surface area contributed by atoms with Crippen LogP contribution < -0.4 is 5.73 Å². The molecule has 0 aliphatic carbocycles. The largest absolute Gasteiger partial charge is 0.572 e. The first kappa shape index (κ1) is 13.7. The van der Waals surface area contributed by atoms with E-state index in [4.69, 9.17) is 5.73 Å². The first-order valence-electron chi connectivity index (χ1n) is 4.12. The summed E-state index contributed by atoms with van der Waals surface area (Å²) >= 11 is 0. The SMILES string of the molecule is Nc1c([N+](=O)[O-])c([N+](=O)[O-])nn1C([N+](=O)[O-])[N+](=O)[O-]. The maximum absolute atomic E-state index is 10.6. The lowest BCUT2D eigenvalue weighted by Gasteiger charge is -1.98. The number of nitro groups is 4. The zero-order chi connectivity index (χ0) is 14.9. The van der Waals surface area contributed by atoms with Crippen molar-refractivity contribution in [3.05, 3.63) is 40.5 Å². The molecule has 1 heterocycles. The predicted molar refractivity (Wildman–Crippen MR) is 53.0 cm³/mol.